The van der Waals surface area contributed by atoms with Crippen molar-refractivity contribution in [2.45, 2.75) is 13.1 Å². The molecule has 1 aliphatic heterocycles. The Morgan fingerprint density at radius 1 is 0.806 bits per heavy atom. The van der Waals surface area contributed by atoms with Crippen LogP contribution in [-0.4, -0.2) is 54.4 Å². The molecule has 0 atom stereocenters. The second kappa shape index (κ2) is 12.7. The fourth-order valence-electron chi connectivity index (χ4n) is 4.08. The highest BCUT2D eigenvalue weighted by molar-refractivity contribution is 6.01. The van der Waals surface area contributed by atoms with E-state index in [2.05, 4.69) is 57.6 Å². The van der Waals surface area contributed by atoms with Gasteiger partial charge in [0, 0.05) is 51.0 Å². The van der Waals surface area contributed by atoms with Crippen molar-refractivity contribution in [3.05, 3.63) is 102 Å². The van der Waals surface area contributed by atoms with Gasteiger partial charge in [-0.2, -0.15) is 0 Å². The molecule has 186 valence electrons. The molecule has 0 aromatic heterocycles. The van der Waals surface area contributed by atoms with Crippen LogP contribution in [0.3, 0.4) is 0 Å². The second-order valence-electron chi connectivity index (χ2n) is 8.88. The minimum Gasteiger partial charge on any atom is -0.484 e. The molecule has 3 aromatic carbocycles. The van der Waals surface area contributed by atoms with Gasteiger partial charge in [-0.05, 0) is 47.0 Å². The maximum Gasteiger partial charge on any atom is 0.255 e. The summed E-state index contributed by atoms with van der Waals surface area (Å²) >= 11 is 0. The molecular formula is C29H32N4O3. The van der Waals surface area contributed by atoms with Crippen LogP contribution in [-0.2, 0) is 22.7 Å². The van der Waals surface area contributed by atoms with Crippen LogP contribution in [0.15, 0.2) is 84.9 Å². The molecule has 3 N–H and O–H groups in total. The third-order valence-corrected chi connectivity index (χ3v) is 6.03. The molecule has 1 fully saturated rings. The number of benzene rings is 3. The van der Waals surface area contributed by atoms with E-state index in [0.717, 1.165) is 50.5 Å². The van der Waals surface area contributed by atoms with Crippen molar-refractivity contribution in [3.63, 3.8) is 0 Å². The number of nitrogens with one attached hydrogen (secondary N) is 1. The molecule has 7 nitrogen and oxygen atoms in total. The summed E-state index contributed by atoms with van der Waals surface area (Å²) in [5, 5.41) is 2.89. The molecule has 0 bridgehead atoms. The number of piperazine rings is 1. The number of carbonyl (C=O) groups is 2. The first-order valence-electron chi connectivity index (χ1n) is 12.1. The summed E-state index contributed by atoms with van der Waals surface area (Å²) in [6.07, 6.45) is 3.21. The highest BCUT2D eigenvalue weighted by atomic mass is 16.5. The standard InChI is InChI=1S/C29H32N4O3/c30-28(34)22-36-27-13-8-23(9-14-27)10-15-29(35)31-26-11-6-25(7-12-26)21-33-18-16-32(17-19-33)20-24-4-2-1-3-5-24/h1-15H,16-22H2,(H2,30,34)(H,31,35)/b15-10+. The topological polar surface area (TPSA) is 87.9 Å². The number of amides is 2. The Morgan fingerprint density at radius 3 is 1.97 bits per heavy atom. The van der Waals surface area contributed by atoms with Crippen molar-refractivity contribution < 1.29 is 14.3 Å². The first-order chi connectivity index (χ1) is 17.5. The van der Waals surface area contributed by atoms with Crippen molar-refractivity contribution in [2.75, 3.05) is 38.1 Å². The molecule has 1 aliphatic rings. The van der Waals surface area contributed by atoms with E-state index in [1.165, 1.54) is 17.2 Å². The number of primary amides is 1. The zero-order chi connectivity index (χ0) is 25.2. The summed E-state index contributed by atoms with van der Waals surface area (Å²) in [6, 6.07) is 25.7. The van der Waals surface area contributed by atoms with Crippen LogP contribution in [0.4, 0.5) is 5.69 Å². The highest BCUT2D eigenvalue weighted by Gasteiger charge is 2.17. The van der Waals surface area contributed by atoms with E-state index >= 15 is 0 Å². The Kier molecular flexibility index (Phi) is 8.86. The lowest BCUT2D eigenvalue weighted by Gasteiger charge is -2.34. The molecule has 3 aromatic rings. The molecule has 2 amide bonds. The molecule has 1 saturated heterocycles. The molecule has 0 spiro atoms. The van der Waals surface area contributed by atoms with Crippen molar-refractivity contribution in [2.24, 2.45) is 5.73 Å². The van der Waals surface area contributed by atoms with E-state index in [-0.39, 0.29) is 12.5 Å². The Labute approximate surface area is 212 Å². The average Bonchev–Trinajstić information content (AvgIpc) is 2.90. The van der Waals surface area contributed by atoms with Gasteiger partial charge in [0.2, 0.25) is 5.91 Å². The van der Waals surface area contributed by atoms with E-state index in [1.807, 2.05) is 12.1 Å². The number of hydrogen-bond acceptors (Lipinski definition) is 5. The van der Waals surface area contributed by atoms with Gasteiger partial charge in [-0.3, -0.25) is 19.4 Å². The predicted molar refractivity (Wildman–Crippen MR) is 142 cm³/mol. The van der Waals surface area contributed by atoms with Crippen LogP contribution >= 0.6 is 0 Å². The summed E-state index contributed by atoms with van der Waals surface area (Å²) in [7, 11) is 0. The average molecular weight is 485 g/mol. The number of nitrogens with two attached hydrogens (primary N) is 1. The molecule has 36 heavy (non-hydrogen) atoms. The van der Waals surface area contributed by atoms with Crippen molar-refractivity contribution in [1.29, 1.82) is 0 Å². The lowest BCUT2D eigenvalue weighted by molar-refractivity contribution is -0.120. The zero-order valence-corrected chi connectivity index (χ0v) is 20.3. The Morgan fingerprint density at radius 2 is 1.39 bits per heavy atom. The normalized spacial score (nSPS) is 14.6. The minimum atomic E-state index is -0.527. The Hall–Kier alpha value is -3.94. The summed E-state index contributed by atoms with van der Waals surface area (Å²) < 4.78 is 5.23. The summed E-state index contributed by atoms with van der Waals surface area (Å²) in [5.74, 6) is -0.183. The van der Waals surface area contributed by atoms with Crippen LogP contribution < -0.4 is 15.8 Å². The summed E-state index contributed by atoms with van der Waals surface area (Å²) in [4.78, 5) is 28.1. The lowest BCUT2D eigenvalue weighted by atomic mass is 10.1. The second-order valence-corrected chi connectivity index (χ2v) is 8.88. The van der Waals surface area contributed by atoms with Gasteiger partial charge in [0.05, 0.1) is 0 Å². The fourth-order valence-corrected chi connectivity index (χ4v) is 4.08. The molecule has 1 heterocycles. The van der Waals surface area contributed by atoms with Crippen molar-refractivity contribution in [1.82, 2.24) is 9.80 Å². The van der Waals surface area contributed by atoms with Crippen LogP contribution in [0.5, 0.6) is 5.75 Å². The first kappa shape index (κ1) is 25.2. The van der Waals surface area contributed by atoms with Gasteiger partial charge in [0.15, 0.2) is 6.61 Å². The number of hydrogen-bond donors (Lipinski definition) is 2. The minimum absolute atomic E-state index is 0.165. The molecule has 0 aliphatic carbocycles. The van der Waals surface area contributed by atoms with Gasteiger partial charge < -0.3 is 15.8 Å². The van der Waals surface area contributed by atoms with Gasteiger partial charge >= 0.3 is 0 Å². The van der Waals surface area contributed by atoms with Crippen LogP contribution in [0.1, 0.15) is 16.7 Å². The smallest absolute Gasteiger partial charge is 0.255 e. The SMILES string of the molecule is NC(=O)COc1ccc(/C=C/C(=O)Nc2ccc(CN3CCN(Cc4ccccc4)CC3)cc2)cc1. The van der Waals surface area contributed by atoms with Crippen LogP contribution in [0.2, 0.25) is 0 Å². The Bertz CT molecular complexity index is 1150. The third kappa shape index (κ3) is 8.08. The monoisotopic (exact) mass is 484 g/mol. The molecule has 4 rings (SSSR count). The Balaban J connectivity index is 1.19. The van der Waals surface area contributed by atoms with Crippen LogP contribution in [0.25, 0.3) is 6.08 Å². The number of nitrogens with zero attached hydrogens (tertiary/aromatic N) is 2. The first-order valence-corrected chi connectivity index (χ1v) is 12.1. The third-order valence-electron chi connectivity index (χ3n) is 6.03. The van der Waals surface area contributed by atoms with E-state index in [4.69, 9.17) is 10.5 Å². The number of carbonyl (C=O) groups excluding carboxylic acids is 2. The largest absolute Gasteiger partial charge is 0.484 e. The van der Waals surface area contributed by atoms with Gasteiger partial charge in [-0.25, -0.2) is 0 Å². The van der Waals surface area contributed by atoms with Crippen LogP contribution in [0, 0.1) is 0 Å². The molecule has 7 heteroatoms. The van der Waals surface area contributed by atoms with Crippen molar-refractivity contribution in [3.8, 4) is 5.75 Å². The summed E-state index contributed by atoms with van der Waals surface area (Å²) in [5.41, 5.74) is 9.27. The van der Waals surface area contributed by atoms with Gasteiger partial charge in [-0.15, -0.1) is 0 Å². The van der Waals surface area contributed by atoms with E-state index in [1.54, 1.807) is 30.3 Å². The molecule has 0 unspecified atom stereocenters. The quantitative estimate of drug-likeness (QED) is 0.430. The fraction of sp³-hybridized carbons (Fsp3) is 0.241. The molecular weight excluding hydrogens is 452 g/mol. The molecule has 0 saturated carbocycles. The van der Waals surface area contributed by atoms with Gasteiger partial charge in [-0.1, -0.05) is 54.6 Å². The van der Waals surface area contributed by atoms with Gasteiger partial charge in [0.1, 0.15) is 5.75 Å². The number of ether oxygens (including phenoxy) is 1. The van der Waals surface area contributed by atoms with E-state index in [0.29, 0.717) is 5.75 Å². The number of anilines is 1. The zero-order valence-electron chi connectivity index (χ0n) is 20.3. The predicted octanol–water partition coefficient (Wildman–Crippen LogP) is 3.52. The van der Waals surface area contributed by atoms with Gasteiger partial charge in [0.25, 0.3) is 5.91 Å². The van der Waals surface area contributed by atoms with E-state index < -0.39 is 5.91 Å². The molecule has 0 radical (unpaired) electrons. The maximum absolute atomic E-state index is 12.3. The van der Waals surface area contributed by atoms with E-state index in [9.17, 15) is 9.59 Å². The highest BCUT2D eigenvalue weighted by Crippen LogP contribution is 2.16. The summed E-state index contributed by atoms with van der Waals surface area (Å²) in [6.45, 7) is 5.99. The lowest BCUT2D eigenvalue weighted by Crippen LogP contribution is -2.45. The van der Waals surface area contributed by atoms with Crippen molar-refractivity contribution >= 4 is 23.6 Å². The number of rotatable bonds is 10. The maximum atomic E-state index is 12.3.